The Labute approximate surface area is 107 Å². The van der Waals surface area contributed by atoms with Gasteiger partial charge in [0.1, 0.15) is 12.4 Å². The third kappa shape index (κ3) is 3.62. The summed E-state index contributed by atoms with van der Waals surface area (Å²) in [5, 5.41) is 20.4. The summed E-state index contributed by atoms with van der Waals surface area (Å²) in [4.78, 5) is 21.0. The van der Waals surface area contributed by atoms with Gasteiger partial charge in [0.25, 0.3) is 0 Å². The van der Waals surface area contributed by atoms with Crippen LogP contribution < -0.4 is 4.74 Å². The molecule has 1 unspecified atom stereocenters. The number of halogens is 1. The first kappa shape index (κ1) is 14.8. The van der Waals surface area contributed by atoms with Gasteiger partial charge in [0, 0.05) is 0 Å². The lowest BCUT2D eigenvalue weighted by Crippen LogP contribution is -2.42. The SMILES string of the molecule is COC(=O)C(C)(O)COc1ccc(F)cc1[N+](=O)[O-]. The van der Waals surface area contributed by atoms with Crippen LogP contribution in [0.2, 0.25) is 0 Å². The molecule has 8 heteroatoms. The summed E-state index contributed by atoms with van der Waals surface area (Å²) < 4.78 is 22.2. The van der Waals surface area contributed by atoms with Crippen LogP contribution in [0.5, 0.6) is 5.75 Å². The van der Waals surface area contributed by atoms with Gasteiger partial charge in [-0.15, -0.1) is 0 Å². The Morgan fingerprint density at radius 3 is 2.74 bits per heavy atom. The fourth-order valence-corrected chi connectivity index (χ4v) is 1.25. The van der Waals surface area contributed by atoms with Crippen LogP contribution in [-0.2, 0) is 9.53 Å². The molecule has 0 spiro atoms. The van der Waals surface area contributed by atoms with E-state index in [2.05, 4.69) is 4.74 Å². The maximum absolute atomic E-state index is 12.9. The van der Waals surface area contributed by atoms with Crippen LogP contribution in [0.4, 0.5) is 10.1 Å². The van der Waals surface area contributed by atoms with Gasteiger partial charge < -0.3 is 14.6 Å². The lowest BCUT2D eigenvalue weighted by molar-refractivity contribution is -0.386. The van der Waals surface area contributed by atoms with Crippen molar-refractivity contribution in [3.63, 3.8) is 0 Å². The quantitative estimate of drug-likeness (QED) is 0.489. The summed E-state index contributed by atoms with van der Waals surface area (Å²) in [6.45, 7) is 0.570. The number of rotatable bonds is 5. The number of nitrogens with zero attached hydrogens (tertiary/aromatic N) is 1. The summed E-state index contributed by atoms with van der Waals surface area (Å²) in [6.07, 6.45) is 0. The van der Waals surface area contributed by atoms with E-state index in [0.29, 0.717) is 6.07 Å². The highest BCUT2D eigenvalue weighted by Crippen LogP contribution is 2.28. The van der Waals surface area contributed by atoms with Crippen molar-refractivity contribution < 1.29 is 28.7 Å². The first-order valence-corrected chi connectivity index (χ1v) is 5.15. The average Bonchev–Trinajstić information content (AvgIpc) is 2.36. The molecule has 0 saturated carbocycles. The molecule has 1 N–H and O–H groups in total. The van der Waals surface area contributed by atoms with Crippen molar-refractivity contribution in [2.75, 3.05) is 13.7 Å². The predicted octanol–water partition coefficient (Wildman–Crippen LogP) is 1.04. The summed E-state index contributed by atoms with van der Waals surface area (Å²) in [5.74, 6) is -1.99. The van der Waals surface area contributed by atoms with Gasteiger partial charge >= 0.3 is 11.7 Å². The number of nitro groups is 1. The number of carbonyl (C=O) groups is 1. The molecular formula is C11H12FNO6. The van der Waals surface area contributed by atoms with Crippen LogP contribution in [0.15, 0.2) is 18.2 Å². The zero-order valence-electron chi connectivity index (χ0n) is 10.3. The van der Waals surface area contributed by atoms with Crippen LogP contribution in [-0.4, -0.2) is 35.3 Å². The molecule has 0 saturated heterocycles. The molecule has 0 aliphatic rings. The molecule has 0 bridgehead atoms. The Morgan fingerprint density at radius 2 is 2.21 bits per heavy atom. The molecule has 1 rings (SSSR count). The second-order valence-corrected chi connectivity index (χ2v) is 3.92. The van der Waals surface area contributed by atoms with Crippen LogP contribution in [0.25, 0.3) is 0 Å². The van der Waals surface area contributed by atoms with Gasteiger partial charge in [-0.3, -0.25) is 10.1 Å². The largest absolute Gasteiger partial charge is 0.483 e. The minimum atomic E-state index is -1.96. The maximum atomic E-state index is 12.9. The Morgan fingerprint density at radius 1 is 1.58 bits per heavy atom. The second kappa shape index (κ2) is 5.61. The normalized spacial score (nSPS) is 13.5. The monoisotopic (exact) mass is 273 g/mol. The van der Waals surface area contributed by atoms with Gasteiger partial charge in [-0.05, 0) is 19.1 Å². The Kier molecular flexibility index (Phi) is 4.38. The molecule has 0 aliphatic carbocycles. The third-order valence-corrected chi connectivity index (χ3v) is 2.25. The Hall–Kier alpha value is -2.22. The smallest absolute Gasteiger partial charge is 0.341 e. The zero-order chi connectivity index (χ0) is 14.6. The van der Waals surface area contributed by atoms with Crippen molar-refractivity contribution in [2.45, 2.75) is 12.5 Å². The van der Waals surface area contributed by atoms with Crippen molar-refractivity contribution in [3.8, 4) is 5.75 Å². The van der Waals surface area contributed by atoms with Gasteiger partial charge in [-0.2, -0.15) is 0 Å². The molecule has 104 valence electrons. The standard InChI is InChI=1S/C11H12FNO6/c1-11(15,10(14)18-2)6-19-9-4-3-7(12)5-8(9)13(16)17/h3-5,15H,6H2,1-2H3. The molecule has 1 atom stereocenters. The number of nitro benzene ring substituents is 1. The molecule has 7 nitrogen and oxygen atoms in total. The van der Waals surface area contributed by atoms with Crippen LogP contribution >= 0.6 is 0 Å². The van der Waals surface area contributed by atoms with Crippen molar-refractivity contribution >= 4 is 11.7 Å². The topological polar surface area (TPSA) is 98.9 Å². The number of hydrogen-bond donors (Lipinski definition) is 1. The predicted molar refractivity (Wildman–Crippen MR) is 61.2 cm³/mol. The van der Waals surface area contributed by atoms with Gasteiger partial charge in [-0.25, -0.2) is 9.18 Å². The van der Waals surface area contributed by atoms with Crippen molar-refractivity contribution in [1.29, 1.82) is 0 Å². The van der Waals surface area contributed by atoms with Crippen LogP contribution in [0.1, 0.15) is 6.92 Å². The fraction of sp³-hybridized carbons (Fsp3) is 0.364. The van der Waals surface area contributed by atoms with E-state index >= 15 is 0 Å². The van der Waals surface area contributed by atoms with Gasteiger partial charge in [-0.1, -0.05) is 0 Å². The number of esters is 1. The van der Waals surface area contributed by atoms with E-state index in [9.17, 15) is 24.4 Å². The summed E-state index contributed by atoms with van der Waals surface area (Å²) >= 11 is 0. The minimum absolute atomic E-state index is 0.254. The minimum Gasteiger partial charge on any atom is -0.483 e. The number of carbonyl (C=O) groups excluding carboxylic acids is 1. The van der Waals surface area contributed by atoms with E-state index in [1.54, 1.807) is 0 Å². The number of benzene rings is 1. The molecule has 0 aromatic heterocycles. The first-order valence-electron chi connectivity index (χ1n) is 5.15. The molecule has 0 fully saturated rings. The number of ether oxygens (including phenoxy) is 2. The lowest BCUT2D eigenvalue weighted by atomic mass is 10.1. The second-order valence-electron chi connectivity index (χ2n) is 3.92. The van der Waals surface area contributed by atoms with Crippen LogP contribution in [0, 0.1) is 15.9 Å². The lowest BCUT2D eigenvalue weighted by Gasteiger charge is -2.20. The highest BCUT2D eigenvalue weighted by molar-refractivity contribution is 5.78. The van der Waals surface area contributed by atoms with Gasteiger partial charge in [0.05, 0.1) is 18.1 Å². The first-order chi connectivity index (χ1) is 8.77. The Bertz CT molecular complexity index is 502. The van der Waals surface area contributed by atoms with E-state index in [0.717, 1.165) is 26.2 Å². The molecule has 1 aromatic carbocycles. The number of hydrogen-bond acceptors (Lipinski definition) is 6. The molecule has 0 aliphatic heterocycles. The fourth-order valence-electron chi connectivity index (χ4n) is 1.25. The molecule has 0 heterocycles. The maximum Gasteiger partial charge on any atom is 0.341 e. The van der Waals surface area contributed by atoms with E-state index in [-0.39, 0.29) is 5.75 Å². The van der Waals surface area contributed by atoms with E-state index in [1.165, 1.54) is 0 Å². The summed E-state index contributed by atoms with van der Waals surface area (Å²) in [7, 11) is 1.08. The van der Waals surface area contributed by atoms with E-state index < -0.39 is 34.6 Å². The molecule has 1 aromatic rings. The van der Waals surface area contributed by atoms with Crippen molar-refractivity contribution in [1.82, 2.24) is 0 Å². The number of aliphatic hydroxyl groups is 1. The molecular weight excluding hydrogens is 261 g/mol. The van der Waals surface area contributed by atoms with E-state index in [1.807, 2.05) is 0 Å². The third-order valence-electron chi connectivity index (χ3n) is 2.25. The average molecular weight is 273 g/mol. The molecule has 19 heavy (non-hydrogen) atoms. The Balaban J connectivity index is 2.89. The molecule has 0 amide bonds. The summed E-state index contributed by atoms with van der Waals surface area (Å²) in [5.41, 5.74) is -2.56. The van der Waals surface area contributed by atoms with Crippen molar-refractivity contribution in [3.05, 3.63) is 34.1 Å². The summed E-state index contributed by atoms with van der Waals surface area (Å²) in [6, 6.07) is 2.69. The molecule has 0 radical (unpaired) electrons. The van der Waals surface area contributed by atoms with Crippen molar-refractivity contribution in [2.24, 2.45) is 0 Å². The van der Waals surface area contributed by atoms with E-state index in [4.69, 9.17) is 4.74 Å². The van der Waals surface area contributed by atoms with Gasteiger partial charge in [0.15, 0.2) is 11.4 Å². The highest BCUT2D eigenvalue weighted by Gasteiger charge is 2.33. The number of methoxy groups -OCH3 is 1. The van der Waals surface area contributed by atoms with Crippen LogP contribution in [0.3, 0.4) is 0 Å². The zero-order valence-corrected chi connectivity index (χ0v) is 10.3. The highest BCUT2D eigenvalue weighted by atomic mass is 19.1. The van der Waals surface area contributed by atoms with Gasteiger partial charge in [0.2, 0.25) is 0 Å².